The van der Waals surface area contributed by atoms with E-state index in [1.54, 1.807) is 23.7 Å². The van der Waals surface area contributed by atoms with Gasteiger partial charge in [-0.3, -0.25) is 4.98 Å². The van der Waals surface area contributed by atoms with Crippen molar-refractivity contribution in [2.45, 2.75) is 25.5 Å². The quantitative estimate of drug-likeness (QED) is 0.721. The third-order valence-corrected chi connectivity index (χ3v) is 5.01. The van der Waals surface area contributed by atoms with Gasteiger partial charge in [-0.2, -0.15) is 0 Å². The topological polar surface area (TPSA) is 39.4 Å². The normalized spacial score (nSPS) is 18.2. The van der Waals surface area contributed by atoms with E-state index >= 15 is 0 Å². The predicted octanol–water partition coefficient (Wildman–Crippen LogP) is 4.02. The average Bonchev–Trinajstić information content (AvgIpc) is 3.28. The van der Waals surface area contributed by atoms with Crippen LogP contribution in [0.25, 0.3) is 11.3 Å². The fourth-order valence-electron chi connectivity index (χ4n) is 2.96. The maximum absolute atomic E-state index is 5.85. The van der Waals surface area contributed by atoms with Crippen LogP contribution in [0.15, 0.2) is 65.2 Å². The lowest BCUT2D eigenvalue weighted by Gasteiger charge is -2.14. The van der Waals surface area contributed by atoms with Gasteiger partial charge in [0.1, 0.15) is 0 Å². The smallest absolute Gasteiger partial charge is 0.190 e. The molecule has 5 heteroatoms. The molecule has 0 unspecified atom stereocenters. The van der Waals surface area contributed by atoms with Crippen molar-refractivity contribution < 1.29 is 4.74 Å². The van der Waals surface area contributed by atoms with E-state index in [1.807, 2.05) is 18.2 Å². The van der Waals surface area contributed by atoms with Gasteiger partial charge in [0, 0.05) is 18.2 Å². The first-order chi connectivity index (χ1) is 11.9. The molecule has 1 fully saturated rings. The number of rotatable bonds is 4. The van der Waals surface area contributed by atoms with E-state index in [1.165, 1.54) is 11.3 Å². The molecule has 0 aliphatic carbocycles. The minimum absolute atomic E-state index is 0.273. The molecule has 4 rings (SSSR count). The molecular weight excluding hydrogens is 318 g/mol. The summed E-state index contributed by atoms with van der Waals surface area (Å²) in [5.74, 6) is 0. The van der Waals surface area contributed by atoms with Gasteiger partial charge in [-0.05, 0) is 30.5 Å². The van der Waals surface area contributed by atoms with Crippen LogP contribution in [0.1, 0.15) is 12.8 Å². The third kappa shape index (κ3) is 3.32. The first-order valence-electron chi connectivity index (χ1n) is 8.20. The Balaban J connectivity index is 1.78. The number of aromatic nitrogens is 2. The first-order valence-corrected chi connectivity index (χ1v) is 9.08. The van der Waals surface area contributed by atoms with Crippen LogP contribution in [0.2, 0.25) is 0 Å². The summed E-state index contributed by atoms with van der Waals surface area (Å²) in [5, 5.41) is 2.18. The Morgan fingerprint density at radius 3 is 2.88 bits per heavy atom. The van der Waals surface area contributed by atoms with Gasteiger partial charge < -0.3 is 9.30 Å². The van der Waals surface area contributed by atoms with Gasteiger partial charge in [-0.15, -0.1) is 11.3 Å². The third-order valence-electron chi connectivity index (χ3n) is 4.15. The second-order valence-electron chi connectivity index (χ2n) is 5.84. The Hall–Kier alpha value is -2.24. The highest BCUT2D eigenvalue weighted by Gasteiger charge is 2.18. The number of hydrogen-bond acceptors (Lipinski definition) is 4. The largest absolute Gasteiger partial charge is 0.376 e. The van der Waals surface area contributed by atoms with Crippen molar-refractivity contribution in [1.82, 2.24) is 9.55 Å². The molecule has 2 aromatic heterocycles. The van der Waals surface area contributed by atoms with Crippen molar-refractivity contribution in [3.63, 3.8) is 0 Å². The molecule has 0 N–H and O–H groups in total. The zero-order valence-electron chi connectivity index (χ0n) is 13.3. The molecule has 1 aliphatic heterocycles. The Kier molecular flexibility index (Phi) is 4.53. The molecule has 0 amide bonds. The zero-order valence-corrected chi connectivity index (χ0v) is 14.2. The molecule has 3 heterocycles. The van der Waals surface area contributed by atoms with Gasteiger partial charge in [0.05, 0.1) is 30.2 Å². The minimum atomic E-state index is 0.273. The molecule has 1 saturated heterocycles. The molecule has 1 atom stereocenters. The van der Waals surface area contributed by atoms with E-state index < -0.39 is 0 Å². The maximum Gasteiger partial charge on any atom is 0.190 e. The van der Waals surface area contributed by atoms with Crippen molar-refractivity contribution in [2.75, 3.05) is 6.61 Å². The van der Waals surface area contributed by atoms with Crippen LogP contribution < -0.4 is 4.80 Å². The van der Waals surface area contributed by atoms with E-state index in [9.17, 15) is 0 Å². The summed E-state index contributed by atoms with van der Waals surface area (Å²) >= 11 is 1.66. The molecule has 0 saturated carbocycles. The highest BCUT2D eigenvalue weighted by atomic mass is 32.1. The predicted molar refractivity (Wildman–Crippen MR) is 96.2 cm³/mol. The molecule has 0 radical (unpaired) electrons. The van der Waals surface area contributed by atoms with Gasteiger partial charge in [-0.1, -0.05) is 30.3 Å². The highest BCUT2D eigenvalue weighted by molar-refractivity contribution is 7.07. The fraction of sp³-hybridized carbons (Fsp3) is 0.263. The Morgan fingerprint density at radius 1 is 1.21 bits per heavy atom. The van der Waals surface area contributed by atoms with Gasteiger partial charge >= 0.3 is 0 Å². The summed E-state index contributed by atoms with van der Waals surface area (Å²) in [6.07, 6.45) is 6.09. The number of thiazole rings is 1. The highest BCUT2D eigenvalue weighted by Crippen LogP contribution is 2.23. The molecule has 0 spiro atoms. The van der Waals surface area contributed by atoms with Crippen molar-refractivity contribution in [3.8, 4) is 11.3 Å². The number of pyridine rings is 1. The van der Waals surface area contributed by atoms with Gasteiger partial charge in [0.25, 0.3) is 0 Å². The molecule has 4 nitrogen and oxygen atoms in total. The number of ether oxygens (including phenoxy) is 1. The van der Waals surface area contributed by atoms with E-state index in [0.29, 0.717) is 0 Å². The monoisotopic (exact) mass is 337 g/mol. The molecule has 1 aliphatic rings. The molecular formula is C19H19N3OS. The first kappa shape index (κ1) is 15.3. The lowest BCUT2D eigenvalue weighted by atomic mass is 10.1. The van der Waals surface area contributed by atoms with E-state index in [4.69, 9.17) is 9.73 Å². The van der Waals surface area contributed by atoms with E-state index in [2.05, 4.69) is 39.2 Å². The van der Waals surface area contributed by atoms with Crippen LogP contribution in [-0.4, -0.2) is 22.3 Å². The van der Waals surface area contributed by atoms with Crippen LogP contribution in [0.4, 0.5) is 5.69 Å². The molecule has 1 aromatic carbocycles. The number of benzene rings is 1. The van der Waals surface area contributed by atoms with Crippen LogP contribution in [0.5, 0.6) is 0 Å². The average molecular weight is 337 g/mol. The Morgan fingerprint density at radius 2 is 2.12 bits per heavy atom. The van der Waals surface area contributed by atoms with E-state index in [0.717, 1.165) is 36.5 Å². The Bertz CT molecular complexity index is 849. The van der Waals surface area contributed by atoms with Gasteiger partial charge in [-0.25, -0.2) is 4.99 Å². The second-order valence-corrected chi connectivity index (χ2v) is 6.67. The fourth-order valence-corrected chi connectivity index (χ4v) is 3.90. The van der Waals surface area contributed by atoms with Crippen LogP contribution in [0, 0.1) is 0 Å². The summed E-state index contributed by atoms with van der Waals surface area (Å²) in [6, 6.07) is 14.4. The number of hydrogen-bond donors (Lipinski definition) is 0. The lowest BCUT2D eigenvalue weighted by Crippen LogP contribution is -2.24. The SMILES string of the molecule is c1ccc(-c2csc(=Nc3cccnc3)n2C[C@@H]2CCCO2)cc1. The summed E-state index contributed by atoms with van der Waals surface area (Å²) < 4.78 is 8.13. The van der Waals surface area contributed by atoms with E-state index in [-0.39, 0.29) is 6.10 Å². The summed E-state index contributed by atoms with van der Waals surface area (Å²) in [5.41, 5.74) is 3.28. The van der Waals surface area contributed by atoms with Crippen LogP contribution >= 0.6 is 11.3 Å². The molecule has 0 bridgehead atoms. The lowest BCUT2D eigenvalue weighted by molar-refractivity contribution is 0.0968. The van der Waals surface area contributed by atoms with Crippen molar-refractivity contribution in [1.29, 1.82) is 0 Å². The molecule has 122 valence electrons. The minimum Gasteiger partial charge on any atom is -0.376 e. The van der Waals surface area contributed by atoms with Gasteiger partial charge in [0.15, 0.2) is 4.80 Å². The van der Waals surface area contributed by atoms with Crippen molar-refractivity contribution in [2.24, 2.45) is 4.99 Å². The Labute approximate surface area is 145 Å². The van der Waals surface area contributed by atoms with Crippen molar-refractivity contribution in [3.05, 3.63) is 65.0 Å². The summed E-state index contributed by atoms with van der Waals surface area (Å²) in [6.45, 7) is 1.71. The maximum atomic E-state index is 5.85. The summed E-state index contributed by atoms with van der Waals surface area (Å²) in [7, 11) is 0. The zero-order chi connectivity index (χ0) is 16.2. The van der Waals surface area contributed by atoms with Gasteiger partial charge in [0.2, 0.25) is 0 Å². The summed E-state index contributed by atoms with van der Waals surface area (Å²) in [4.78, 5) is 9.93. The van der Waals surface area contributed by atoms with Crippen molar-refractivity contribution >= 4 is 17.0 Å². The molecule has 3 aromatic rings. The molecule has 24 heavy (non-hydrogen) atoms. The standard InChI is InChI=1S/C19H19N3OS/c1-2-6-15(7-3-1)18-14-24-19(21-16-8-4-10-20-12-16)22(18)13-17-9-5-11-23-17/h1-4,6-8,10,12,14,17H,5,9,11,13H2/t17-/m0/s1. The second kappa shape index (κ2) is 7.11. The van der Waals surface area contributed by atoms with Crippen LogP contribution in [0.3, 0.4) is 0 Å². The number of nitrogens with zero attached hydrogens (tertiary/aromatic N) is 3. The van der Waals surface area contributed by atoms with Crippen LogP contribution in [-0.2, 0) is 11.3 Å².